The van der Waals surface area contributed by atoms with Gasteiger partial charge in [-0.3, -0.25) is 9.69 Å². The maximum absolute atomic E-state index is 12.8. The molecular weight excluding hydrogens is 300 g/mol. The first-order valence-corrected chi connectivity index (χ1v) is 9.05. The van der Waals surface area contributed by atoms with Crippen LogP contribution in [0.2, 0.25) is 0 Å². The summed E-state index contributed by atoms with van der Waals surface area (Å²) >= 11 is 0. The number of amides is 1. The van der Waals surface area contributed by atoms with Crippen LogP contribution in [0, 0.1) is 11.3 Å². The maximum atomic E-state index is 12.8. The highest BCUT2D eigenvalue weighted by atomic mass is 16.5. The van der Waals surface area contributed by atoms with E-state index < -0.39 is 0 Å². The van der Waals surface area contributed by atoms with Gasteiger partial charge in [0.05, 0.1) is 12.6 Å². The highest BCUT2D eigenvalue weighted by molar-refractivity contribution is 5.83. The molecular formula is C20H30N2O2. The molecule has 0 aromatic heterocycles. The van der Waals surface area contributed by atoms with Gasteiger partial charge in [-0.25, -0.2) is 0 Å². The third-order valence-electron chi connectivity index (χ3n) is 5.21. The molecule has 1 aromatic rings. The van der Waals surface area contributed by atoms with Gasteiger partial charge in [0.15, 0.2) is 0 Å². The Kier molecular flexibility index (Phi) is 4.86. The zero-order valence-electron chi connectivity index (χ0n) is 15.4. The molecule has 132 valence electrons. The Labute approximate surface area is 145 Å². The van der Waals surface area contributed by atoms with Gasteiger partial charge in [-0.15, -0.1) is 0 Å². The summed E-state index contributed by atoms with van der Waals surface area (Å²) in [5, 5.41) is 0. The average molecular weight is 330 g/mol. The van der Waals surface area contributed by atoms with Gasteiger partial charge >= 0.3 is 0 Å². The van der Waals surface area contributed by atoms with Crippen molar-refractivity contribution in [2.24, 2.45) is 11.3 Å². The van der Waals surface area contributed by atoms with Gasteiger partial charge in [0.2, 0.25) is 5.91 Å². The van der Waals surface area contributed by atoms with Crippen molar-refractivity contribution in [1.29, 1.82) is 0 Å². The standard InChI is InChI=1S/C20H30N2O2/c1-15(2)13-24-17-7-5-16(6-8-17)12-22-14-20(9-10-20)11-18(19(22)23)21(3)4/h5-8,15,18H,9-14H2,1-4H3. The third-order valence-corrected chi connectivity index (χ3v) is 5.21. The minimum atomic E-state index is 0.0369. The second-order valence-electron chi connectivity index (χ2n) is 8.23. The van der Waals surface area contributed by atoms with Crippen molar-refractivity contribution in [1.82, 2.24) is 9.80 Å². The van der Waals surface area contributed by atoms with Crippen molar-refractivity contribution in [3.63, 3.8) is 0 Å². The number of hydrogen-bond acceptors (Lipinski definition) is 3. The van der Waals surface area contributed by atoms with Crippen molar-refractivity contribution in [2.45, 2.75) is 45.7 Å². The second kappa shape index (κ2) is 6.75. The van der Waals surface area contributed by atoms with E-state index in [1.807, 2.05) is 26.2 Å². The first kappa shape index (κ1) is 17.3. The first-order valence-electron chi connectivity index (χ1n) is 9.05. The number of piperidine rings is 1. The highest BCUT2D eigenvalue weighted by Gasteiger charge is 2.51. The van der Waals surface area contributed by atoms with Crippen molar-refractivity contribution < 1.29 is 9.53 Å². The molecule has 1 saturated carbocycles. The van der Waals surface area contributed by atoms with E-state index in [1.165, 1.54) is 18.4 Å². The molecule has 1 amide bonds. The van der Waals surface area contributed by atoms with E-state index in [0.717, 1.165) is 25.3 Å². The minimum Gasteiger partial charge on any atom is -0.493 e. The Morgan fingerprint density at radius 1 is 1.25 bits per heavy atom. The number of carbonyl (C=O) groups is 1. The summed E-state index contributed by atoms with van der Waals surface area (Å²) in [5.41, 5.74) is 1.57. The van der Waals surface area contributed by atoms with E-state index in [-0.39, 0.29) is 11.9 Å². The average Bonchev–Trinajstić information content (AvgIpc) is 3.29. The lowest BCUT2D eigenvalue weighted by molar-refractivity contribution is -0.142. The van der Waals surface area contributed by atoms with Gasteiger partial charge in [-0.2, -0.15) is 0 Å². The number of likely N-dealkylation sites (tertiary alicyclic amines) is 1. The highest BCUT2D eigenvalue weighted by Crippen LogP contribution is 2.53. The summed E-state index contributed by atoms with van der Waals surface area (Å²) < 4.78 is 5.74. The van der Waals surface area contributed by atoms with Crippen LogP contribution < -0.4 is 4.74 Å². The molecule has 1 aromatic carbocycles. The molecule has 0 radical (unpaired) electrons. The normalized spacial score (nSPS) is 22.5. The van der Waals surface area contributed by atoms with Gasteiger partial charge in [0.1, 0.15) is 5.75 Å². The monoisotopic (exact) mass is 330 g/mol. The van der Waals surface area contributed by atoms with Crippen LogP contribution in [0.4, 0.5) is 0 Å². The molecule has 1 heterocycles. The number of hydrogen-bond donors (Lipinski definition) is 0. The van der Waals surface area contributed by atoms with Crippen LogP contribution in [0.5, 0.6) is 5.75 Å². The summed E-state index contributed by atoms with van der Waals surface area (Å²) in [6, 6.07) is 8.24. The molecule has 24 heavy (non-hydrogen) atoms. The topological polar surface area (TPSA) is 32.8 Å². The fourth-order valence-electron chi connectivity index (χ4n) is 3.51. The molecule has 4 heteroatoms. The van der Waals surface area contributed by atoms with Gasteiger partial charge in [0, 0.05) is 13.1 Å². The van der Waals surface area contributed by atoms with Crippen LogP contribution in [-0.4, -0.2) is 49.0 Å². The summed E-state index contributed by atoms with van der Waals surface area (Å²) in [4.78, 5) is 16.9. The zero-order chi connectivity index (χ0) is 17.3. The lowest BCUT2D eigenvalue weighted by atomic mass is 9.90. The molecule has 1 aliphatic carbocycles. The Morgan fingerprint density at radius 3 is 2.46 bits per heavy atom. The number of benzene rings is 1. The van der Waals surface area contributed by atoms with Crippen molar-refractivity contribution >= 4 is 5.91 Å². The number of likely N-dealkylation sites (N-methyl/N-ethyl adjacent to an activating group) is 1. The lowest BCUT2D eigenvalue weighted by Crippen LogP contribution is -2.53. The summed E-state index contributed by atoms with van der Waals surface area (Å²) in [6.07, 6.45) is 3.56. The molecule has 1 spiro atoms. The van der Waals surface area contributed by atoms with Crippen LogP contribution in [-0.2, 0) is 11.3 Å². The molecule has 1 unspecified atom stereocenters. The number of nitrogens with zero attached hydrogens (tertiary/aromatic N) is 2. The molecule has 0 bridgehead atoms. The van der Waals surface area contributed by atoms with E-state index in [4.69, 9.17) is 4.74 Å². The largest absolute Gasteiger partial charge is 0.493 e. The van der Waals surface area contributed by atoms with Crippen molar-refractivity contribution in [3.05, 3.63) is 29.8 Å². The molecule has 1 aliphatic heterocycles. The van der Waals surface area contributed by atoms with Crippen LogP contribution in [0.1, 0.15) is 38.7 Å². The van der Waals surface area contributed by atoms with E-state index in [9.17, 15) is 4.79 Å². The van der Waals surface area contributed by atoms with E-state index >= 15 is 0 Å². The predicted molar refractivity (Wildman–Crippen MR) is 96.0 cm³/mol. The number of carbonyl (C=O) groups excluding carboxylic acids is 1. The fraction of sp³-hybridized carbons (Fsp3) is 0.650. The summed E-state index contributed by atoms with van der Waals surface area (Å²) in [7, 11) is 4.03. The summed E-state index contributed by atoms with van der Waals surface area (Å²) in [5.74, 6) is 1.70. The molecule has 1 saturated heterocycles. The predicted octanol–water partition coefficient (Wildman–Crippen LogP) is 3.16. The van der Waals surface area contributed by atoms with Gasteiger partial charge in [-0.1, -0.05) is 26.0 Å². The maximum Gasteiger partial charge on any atom is 0.240 e. The number of ether oxygens (including phenoxy) is 1. The molecule has 1 atom stereocenters. The van der Waals surface area contributed by atoms with Crippen molar-refractivity contribution in [2.75, 3.05) is 27.2 Å². The minimum absolute atomic E-state index is 0.0369. The Morgan fingerprint density at radius 2 is 1.92 bits per heavy atom. The zero-order valence-corrected chi connectivity index (χ0v) is 15.4. The fourth-order valence-corrected chi connectivity index (χ4v) is 3.51. The Balaban J connectivity index is 1.65. The molecule has 4 nitrogen and oxygen atoms in total. The lowest BCUT2D eigenvalue weighted by Gasteiger charge is -2.40. The van der Waals surface area contributed by atoms with E-state index in [1.54, 1.807) is 0 Å². The van der Waals surface area contributed by atoms with Crippen LogP contribution in [0.15, 0.2) is 24.3 Å². The molecule has 2 aliphatic rings. The number of rotatable bonds is 6. The molecule has 0 N–H and O–H groups in total. The third kappa shape index (κ3) is 3.92. The van der Waals surface area contributed by atoms with E-state index in [0.29, 0.717) is 17.9 Å². The van der Waals surface area contributed by atoms with Crippen molar-refractivity contribution in [3.8, 4) is 5.75 Å². The summed E-state index contributed by atoms with van der Waals surface area (Å²) in [6.45, 7) is 6.64. The van der Waals surface area contributed by atoms with Crippen LogP contribution in [0.25, 0.3) is 0 Å². The van der Waals surface area contributed by atoms with Crippen LogP contribution in [0.3, 0.4) is 0 Å². The Hall–Kier alpha value is -1.55. The first-order chi connectivity index (χ1) is 11.4. The quantitative estimate of drug-likeness (QED) is 0.803. The Bertz CT molecular complexity index is 576. The SMILES string of the molecule is CC(C)COc1ccc(CN2CC3(CC3)CC(N(C)C)C2=O)cc1. The van der Waals surface area contributed by atoms with Gasteiger partial charge in [-0.05, 0) is 62.4 Å². The molecule has 3 rings (SSSR count). The second-order valence-corrected chi connectivity index (χ2v) is 8.23. The van der Waals surface area contributed by atoms with Gasteiger partial charge in [0.25, 0.3) is 0 Å². The molecule has 2 fully saturated rings. The van der Waals surface area contributed by atoms with E-state index in [2.05, 4.69) is 35.8 Å². The smallest absolute Gasteiger partial charge is 0.240 e. The van der Waals surface area contributed by atoms with Crippen LogP contribution >= 0.6 is 0 Å². The van der Waals surface area contributed by atoms with Gasteiger partial charge < -0.3 is 9.64 Å².